The number of ether oxygens (including phenoxy) is 1. The molecule has 0 aliphatic carbocycles. The molecule has 7 nitrogen and oxygen atoms in total. The van der Waals surface area contributed by atoms with Crippen LogP contribution in [-0.2, 0) is 20.9 Å². The van der Waals surface area contributed by atoms with E-state index >= 15 is 0 Å². The topological polar surface area (TPSA) is 88.8 Å². The number of piperidine rings is 1. The molecular weight excluding hydrogens is 396 g/mol. The van der Waals surface area contributed by atoms with Gasteiger partial charge in [-0.3, -0.25) is 14.4 Å². The molecule has 0 bridgehead atoms. The number of nitrogens with one attached hydrogen (secondary N) is 1. The molecule has 1 N–H and O–H groups in total. The van der Waals surface area contributed by atoms with Crippen molar-refractivity contribution in [2.24, 2.45) is 5.92 Å². The largest absolute Gasteiger partial charge is 0.467 e. The highest BCUT2D eigenvalue weighted by Gasteiger charge is 2.30. The van der Waals surface area contributed by atoms with Crippen LogP contribution in [0.15, 0.2) is 47.1 Å². The third-order valence-corrected chi connectivity index (χ3v) is 5.14. The number of halogens is 1. The smallest absolute Gasteiger partial charge is 0.309 e. The highest BCUT2D eigenvalue weighted by atomic mass is 35.5. The van der Waals surface area contributed by atoms with E-state index in [1.807, 2.05) is 0 Å². The van der Waals surface area contributed by atoms with Crippen molar-refractivity contribution in [3.05, 3.63) is 59.0 Å². The number of hydrogen-bond acceptors (Lipinski definition) is 5. The minimum atomic E-state index is -0.897. The molecule has 1 saturated heterocycles. The van der Waals surface area contributed by atoms with E-state index in [-0.39, 0.29) is 24.3 Å². The third-order valence-electron chi connectivity index (χ3n) is 4.89. The van der Waals surface area contributed by atoms with E-state index in [1.54, 1.807) is 41.3 Å². The second-order valence-corrected chi connectivity index (χ2v) is 7.39. The van der Waals surface area contributed by atoms with Gasteiger partial charge < -0.3 is 19.4 Å². The van der Waals surface area contributed by atoms with E-state index in [0.29, 0.717) is 42.3 Å². The van der Waals surface area contributed by atoms with Gasteiger partial charge in [-0.25, -0.2) is 0 Å². The Labute approximate surface area is 174 Å². The molecule has 2 aromatic rings. The Morgan fingerprint density at radius 3 is 2.52 bits per heavy atom. The average Bonchev–Trinajstić information content (AvgIpc) is 3.25. The predicted octanol–water partition coefficient (Wildman–Crippen LogP) is 3.03. The average molecular weight is 419 g/mol. The number of hydrogen-bond donors (Lipinski definition) is 1. The second kappa shape index (κ2) is 9.60. The normalized spacial score (nSPS) is 15.6. The van der Waals surface area contributed by atoms with Crippen LogP contribution in [-0.4, -0.2) is 41.9 Å². The fourth-order valence-electron chi connectivity index (χ4n) is 3.15. The van der Waals surface area contributed by atoms with Gasteiger partial charge in [0.15, 0.2) is 6.10 Å². The molecule has 1 aromatic carbocycles. The summed E-state index contributed by atoms with van der Waals surface area (Å²) >= 11 is 5.86. The van der Waals surface area contributed by atoms with Crippen molar-refractivity contribution in [3.63, 3.8) is 0 Å². The number of nitrogens with zero attached hydrogens (tertiary/aromatic N) is 1. The minimum absolute atomic E-state index is 0.0841. The standard InChI is InChI=1S/C21H23ClN2O5/c1-14(19(25)23-13-18-3-2-12-28-18)29-21(27)16-8-10-24(11-9-16)20(26)15-4-6-17(22)7-5-15/h2-7,12,14,16H,8-11,13H2,1H3,(H,23,25)/t14-/m0/s1. The van der Waals surface area contributed by atoms with Crippen molar-refractivity contribution < 1.29 is 23.5 Å². The number of carbonyl (C=O) groups excluding carboxylic acids is 3. The molecule has 2 amide bonds. The number of furan rings is 1. The summed E-state index contributed by atoms with van der Waals surface area (Å²) < 4.78 is 10.5. The van der Waals surface area contributed by atoms with Crippen molar-refractivity contribution in [2.75, 3.05) is 13.1 Å². The number of esters is 1. The fourth-order valence-corrected chi connectivity index (χ4v) is 3.27. The van der Waals surface area contributed by atoms with Gasteiger partial charge in [0.1, 0.15) is 5.76 Å². The lowest BCUT2D eigenvalue weighted by Gasteiger charge is -2.31. The summed E-state index contributed by atoms with van der Waals surface area (Å²) in [6, 6.07) is 10.2. The van der Waals surface area contributed by atoms with E-state index in [9.17, 15) is 14.4 Å². The fraction of sp³-hybridized carbons (Fsp3) is 0.381. The van der Waals surface area contributed by atoms with E-state index in [2.05, 4.69) is 5.32 Å². The van der Waals surface area contributed by atoms with Crippen LogP contribution in [0.3, 0.4) is 0 Å². The van der Waals surface area contributed by atoms with Crippen molar-refractivity contribution in [3.8, 4) is 0 Å². The minimum Gasteiger partial charge on any atom is -0.467 e. The number of likely N-dealkylation sites (tertiary alicyclic amines) is 1. The zero-order chi connectivity index (χ0) is 20.8. The Bertz CT molecular complexity index is 842. The number of amides is 2. The van der Waals surface area contributed by atoms with E-state index in [4.69, 9.17) is 20.8 Å². The Morgan fingerprint density at radius 1 is 1.21 bits per heavy atom. The first-order valence-electron chi connectivity index (χ1n) is 9.49. The van der Waals surface area contributed by atoms with Crippen LogP contribution in [0.25, 0.3) is 0 Å². The van der Waals surface area contributed by atoms with Crippen molar-refractivity contribution in [1.29, 1.82) is 0 Å². The summed E-state index contributed by atoms with van der Waals surface area (Å²) in [5.41, 5.74) is 0.567. The molecule has 1 fully saturated rings. The summed E-state index contributed by atoms with van der Waals surface area (Å²) in [7, 11) is 0. The van der Waals surface area contributed by atoms with Gasteiger partial charge in [-0.15, -0.1) is 0 Å². The molecule has 1 aliphatic heterocycles. The summed E-state index contributed by atoms with van der Waals surface area (Å²) in [6.07, 6.45) is 1.62. The molecule has 0 radical (unpaired) electrons. The van der Waals surface area contributed by atoms with Gasteiger partial charge in [0, 0.05) is 23.7 Å². The molecule has 0 saturated carbocycles. The quantitative estimate of drug-likeness (QED) is 0.728. The van der Waals surface area contributed by atoms with Gasteiger partial charge in [-0.1, -0.05) is 11.6 Å². The number of rotatable bonds is 6. The summed E-state index contributed by atoms with van der Waals surface area (Å²) in [5, 5.41) is 3.24. The van der Waals surface area contributed by atoms with Gasteiger partial charge >= 0.3 is 5.97 Å². The Balaban J connectivity index is 1.43. The summed E-state index contributed by atoms with van der Waals surface area (Å²) in [4.78, 5) is 38.7. The lowest BCUT2D eigenvalue weighted by Crippen LogP contribution is -2.42. The van der Waals surface area contributed by atoms with Crippen molar-refractivity contribution >= 4 is 29.4 Å². The molecule has 8 heteroatoms. The van der Waals surface area contributed by atoms with Crippen molar-refractivity contribution in [1.82, 2.24) is 10.2 Å². The maximum atomic E-state index is 12.5. The molecule has 29 heavy (non-hydrogen) atoms. The number of benzene rings is 1. The Morgan fingerprint density at radius 2 is 1.90 bits per heavy atom. The van der Waals surface area contributed by atoms with E-state index < -0.39 is 12.1 Å². The first-order valence-corrected chi connectivity index (χ1v) is 9.87. The van der Waals surface area contributed by atoms with Gasteiger partial charge in [0.2, 0.25) is 0 Å². The van der Waals surface area contributed by atoms with E-state index in [1.165, 1.54) is 13.2 Å². The summed E-state index contributed by atoms with van der Waals surface area (Å²) in [5.74, 6) is -0.590. The van der Waals surface area contributed by atoms with E-state index in [0.717, 1.165) is 0 Å². The lowest BCUT2D eigenvalue weighted by molar-refractivity contribution is -0.160. The van der Waals surface area contributed by atoms with Crippen LogP contribution >= 0.6 is 11.6 Å². The molecule has 2 heterocycles. The third kappa shape index (κ3) is 5.60. The van der Waals surface area contributed by atoms with Crippen LogP contribution in [0.5, 0.6) is 0 Å². The highest BCUT2D eigenvalue weighted by Crippen LogP contribution is 2.21. The van der Waals surface area contributed by atoms with Crippen LogP contribution in [0.1, 0.15) is 35.9 Å². The Kier molecular flexibility index (Phi) is 6.93. The van der Waals surface area contributed by atoms with Crippen LogP contribution in [0.4, 0.5) is 0 Å². The monoisotopic (exact) mass is 418 g/mol. The molecule has 0 spiro atoms. The molecule has 1 aliphatic rings. The van der Waals surface area contributed by atoms with Gasteiger partial charge in [-0.2, -0.15) is 0 Å². The van der Waals surface area contributed by atoms with Crippen molar-refractivity contribution in [2.45, 2.75) is 32.4 Å². The number of carbonyl (C=O) groups is 3. The molecular formula is C21H23ClN2O5. The lowest BCUT2D eigenvalue weighted by atomic mass is 9.96. The molecule has 0 unspecified atom stereocenters. The first-order chi connectivity index (χ1) is 13.9. The highest BCUT2D eigenvalue weighted by molar-refractivity contribution is 6.30. The van der Waals surface area contributed by atoms with Gasteiger partial charge in [0.25, 0.3) is 11.8 Å². The molecule has 154 valence electrons. The van der Waals surface area contributed by atoms with Crippen LogP contribution in [0, 0.1) is 5.92 Å². The van der Waals surface area contributed by atoms with Gasteiger partial charge in [0.05, 0.1) is 18.7 Å². The van der Waals surface area contributed by atoms with Crippen LogP contribution in [0.2, 0.25) is 5.02 Å². The zero-order valence-electron chi connectivity index (χ0n) is 16.1. The second-order valence-electron chi connectivity index (χ2n) is 6.95. The SMILES string of the molecule is C[C@H](OC(=O)C1CCN(C(=O)c2ccc(Cl)cc2)CC1)C(=O)NCc1ccco1. The maximum Gasteiger partial charge on any atom is 0.309 e. The predicted molar refractivity (Wildman–Crippen MR) is 106 cm³/mol. The maximum absolute atomic E-state index is 12.5. The molecule has 1 atom stereocenters. The van der Waals surface area contributed by atoms with Gasteiger partial charge in [-0.05, 0) is 56.2 Å². The Hall–Kier alpha value is -2.80. The summed E-state index contributed by atoms with van der Waals surface area (Å²) in [6.45, 7) is 2.69. The zero-order valence-corrected chi connectivity index (χ0v) is 16.9. The molecule has 1 aromatic heterocycles. The molecule has 3 rings (SSSR count). The first kappa shape index (κ1) is 20.9. The van der Waals surface area contributed by atoms with Crippen LogP contribution < -0.4 is 5.32 Å².